The van der Waals surface area contributed by atoms with Crippen molar-refractivity contribution in [2.75, 3.05) is 33.2 Å². The zero-order valence-corrected chi connectivity index (χ0v) is 15.6. The number of carbonyl (C=O) groups excluding carboxylic acids is 2. The number of aromatic nitrogens is 2. The molecule has 1 atom stereocenters. The van der Waals surface area contributed by atoms with Crippen LogP contribution < -0.4 is 5.32 Å². The minimum atomic E-state index is -0.143. The second-order valence-electron chi connectivity index (χ2n) is 7.10. The molecule has 1 saturated heterocycles. The zero-order chi connectivity index (χ0) is 18.4. The third-order valence-corrected chi connectivity index (χ3v) is 4.34. The highest BCUT2D eigenvalue weighted by atomic mass is 16.5. The van der Waals surface area contributed by atoms with Gasteiger partial charge in [-0.25, -0.2) is 4.79 Å². The molecule has 1 aliphatic rings. The van der Waals surface area contributed by atoms with E-state index < -0.39 is 0 Å². The molecule has 0 aliphatic carbocycles. The molecule has 1 fully saturated rings. The van der Waals surface area contributed by atoms with Crippen molar-refractivity contribution in [1.82, 2.24) is 25.3 Å². The number of nitrogens with one attached hydrogen (secondary N) is 1. The number of urea groups is 1. The van der Waals surface area contributed by atoms with Gasteiger partial charge in [-0.15, -0.1) is 0 Å². The Labute approximate surface area is 148 Å². The number of hydrogen-bond donors (Lipinski definition) is 1. The van der Waals surface area contributed by atoms with Crippen LogP contribution >= 0.6 is 0 Å². The van der Waals surface area contributed by atoms with Crippen molar-refractivity contribution >= 4 is 11.9 Å². The van der Waals surface area contributed by atoms with Crippen molar-refractivity contribution in [3.8, 4) is 0 Å². The van der Waals surface area contributed by atoms with E-state index in [0.717, 1.165) is 12.8 Å². The van der Waals surface area contributed by atoms with Crippen LogP contribution in [0.1, 0.15) is 38.4 Å². The number of rotatable bonds is 6. The third kappa shape index (κ3) is 5.72. The molecule has 1 aliphatic heterocycles. The first-order valence-corrected chi connectivity index (χ1v) is 8.93. The van der Waals surface area contributed by atoms with Gasteiger partial charge >= 0.3 is 6.03 Å². The average Bonchev–Trinajstić information content (AvgIpc) is 3.02. The summed E-state index contributed by atoms with van der Waals surface area (Å²) >= 11 is 0. The summed E-state index contributed by atoms with van der Waals surface area (Å²) < 4.78 is 4.94. The van der Waals surface area contributed by atoms with Gasteiger partial charge in [0.15, 0.2) is 5.82 Å². The summed E-state index contributed by atoms with van der Waals surface area (Å²) in [6.45, 7) is 8.23. The van der Waals surface area contributed by atoms with E-state index in [1.54, 1.807) is 23.8 Å². The molecule has 3 amide bonds. The molecule has 1 unspecified atom stereocenters. The number of piperidine rings is 1. The highest BCUT2D eigenvalue weighted by molar-refractivity contribution is 5.80. The molecule has 25 heavy (non-hydrogen) atoms. The van der Waals surface area contributed by atoms with Crippen LogP contribution in [-0.2, 0) is 11.2 Å². The maximum atomic E-state index is 12.7. The highest BCUT2D eigenvalue weighted by Crippen LogP contribution is 2.19. The van der Waals surface area contributed by atoms with Crippen LogP contribution in [-0.4, -0.2) is 65.1 Å². The third-order valence-electron chi connectivity index (χ3n) is 4.34. The van der Waals surface area contributed by atoms with E-state index in [9.17, 15) is 9.59 Å². The summed E-state index contributed by atoms with van der Waals surface area (Å²) in [5.41, 5.74) is 0. The Balaban J connectivity index is 1.82. The molecule has 1 aromatic heterocycles. The molecule has 0 bridgehead atoms. The van der Waals surface area contributed by atoms with E-state index in [1.807, 2.05) is 0 Å². The van der Waals surface area contributed by atoms with E-state index in [0.29, 0.717) is 50.2 Å². The van der Waals surface area contributed by atoms with Crippen LogP contribution in [0.3, 0.4) is 0 Å². The maximum Gasteiger partial charge on any atom is 0.317 e. The van der Waals surface area contributed by atoms with Gasteiger partial charge in [0.05, 0.1) is 5.92 Å². The number of amides is 3. The second kappa shape index (κ2) is 8.82. The fourth-order valence-electron chi connectivity index (χ4n) is 2.90. The molecule has 1 aromatic rings. The molecule has 0 spiro atoms. The number of carbonyl (C=O) groups is 2. The van der Waals surface area contributed by atoms with Crippen molar-refractivity contribution in [3.63, 3.8) is 0 Å². The fraction of sp³-hybridized carbons (Fsp3) is 0.765. The van der Waals surface area contributed by atoms with Gasteiger partial charge in [0.2, 0.25) is 11.8 Å². The molecule has 0 saturated carbocycles. The van der Waals surface area contributed by atoms with Gasteiger partial charge in [0.25, 0.3) is 0 Å². The van der Waals surface area contributed by atoms with E-state index in [4.69, 9.17) is 4.52 Å². The second-order valence-corrected chi connectivity index (χ2v) is 7.10. The molecule has 140 valence electrons. The average molecular weight is 351 g/mol. The van der Waals surface area contributed by atoms with Gasteiger partial charge in [-0.2, -0.15) is 4.98 Å². The van der Waals surface area contributed by atoms with Crippen molar-refractivity contribution in [2.45, 2.75) is 40.0 Å². The number of hydrogen-bond acceptors (Lipinski definition) is 5. The maximum absolute atomic E-state index is 12.7. The molecule has 0 aromatic carbocycles. The van der Waals surface area contributed by atoms with Gasteiger partial charge in [-0.3, -0.25) is 4.79 Å². The lowest BCUT2D eigenvalue weighted by atomic mass is 9.97. The first kappa shape index (κ1) is 19.2. The number of nitrogens with zero attached hydrogens (tertiary/aromatic N) is 4. The summed E-state index contributed by atoms with van der Waals surface area (Å²) in [5, 5.41) is 6.77. The van der Waals surface area contributed by atoms with Crippen molar-refractivity contribution in [2.24, 2.45) is 11.8 Å². The largest absolute Gasteiger partial charge is 0.345 e. The van der Waals surface area contributed by atoms with E-state index in [2.05, 4.69) is 29.3 Å². The summed E-state index contributed by atoms with van der Waals surface area (Å²) in [5.74, 6) is 1.47. The van der Waals surface area contributed by atoms with Gasteiger partial charge < -0.3 is 19.6 Å². The van der Waals surface area contributed by atoms with E-state index in [-0.39, 0.29) is 17.9 Å². The van der Waals surface area contributed by atoms with E-state index in [1.165, 1.54) is 0 Å². The van der Waals surface area contributed by atoms with Gasteiger partial charge in [0, 0.05) is 46.6 Å². The van der Waals surface area contributed by atoms with Crippen molar-refractivity contribution in [3.05, 3.63) is 11.7 Å². The van der Waals surface area contributed by atoms with Crippen LogP contribution in [0.4, 0.5) is 4.79 Å². The van der Waals surface area contributed by atoms with Crippen molar-refractivity contribution in [1.29, 1.82) is 0 Å². The lowest BCUT2D eigenvalue weighted by molar-refractivity contribution is -0.135. The van der Waals surface area contributed by atoms with Crippen LogP contribution in [0.15, 0.2) is 4.52 Å². The predicted octanol–water partition coefficient (Wildman–Crippen LogP) is 1.46. The molecule has 0 radical (unpaired) electrons. The van der Waals surface area contributed by atoms with Crippen LogP contribution in [0.5, 0.6) is 0 Å². The summed E-state index contributed by atoms with van der Waals surface area (Å²) in [4.78, 5) is 32.5. The Morgan fingerprint density at radius 2 is 2.20 bits per heavy atom. The molecule has 2 heterocycles. The first-order chi connectivity index (χ1) is 11.9. The molecular formula is C17H29N5O3. The van der Waals surface area contributed by atoms with Gasteiger partial charge in [-0.1, -0.05) is 19.0 Å². The zero-order valence-electron chi connectivity index (χ0n) is 15.6. The van der Waals surface area contributed by atoms with Crippen LogP contribution in [0, 0.1) is 18.8 Å². The molecular weight excluding hydrogens is 322 g/mol. The van der Waals surface area contributed by atoms with Crippen molar-refractivity contribution < 1.29 is 14.1 Å². The molecule has 2 rings (SSSR count). The molecule has 1 N–H and O–H groups in total. The Bertz CT molecular complexity index is 587. The van der Waals surface area contributed by atoms with E-state index >= 15 is 0 Å². The lowest BCUT2D eigenvalue weighted by Crippen LogP contribution is -2.49. The SMILES string of the molecule is Cc1nc(CCN(C)C(=O)C2CCCN(C(=O)NCC(C)C)C2)no1. The highest BCUT2D eigenvalue weighted by Gasteiger charge is 2.30. The number of aryl methyl sites for hydroxylation is 1. The predicted molar refractivity (Wildman–Crippen MR) is 92.9 cm³/mol. The fourth-order valence-corrected chi connectivity index (χ4v) is 2.90. The van der Waals surface area contributed by atoms with Crippen LogP contribution in [0.2, 0.25) is 0 Å². The number of likely N-dealkylation sites (N-methyl/N-ethyl adjacent to an activating group) is 1. The molecule has 8 nitrogen and oxygen atoms in total. The van der Waals surface area contributed by atoms with Gasteiger partial charge in [0.1, 0.15) is 0 Å². The normalized spacial score (nSPS) is 17.6. The molecule has 8 heteroatoms. The summed E-state index contributed by atoms with van der Waals surface area (Å²) in [7, 11) is 1.78. The first-order valence-electron chi connectivity index (χ1n) is 8.93. The monoisotopic (exact) mass is 351 g/mol. The summed E-state index contributed by atoms with van der Waals surface area (Å²) in [6, 6.07) is -0.0730. The minimum Gasteiger partial charge on any atom is -0.345 e. The number of likely N-dealkylation sites (tertiary alicyclic amines) is 1. The Hall–Kier alpha value is -2.12. The Morgan fingerprint density at radius 1 is 1.44 bits per heavy atom. The summed E-state index contributed by atoms with van der Waals surface area (Å²) in [6.07, 6.45) is 2.23. The van der Waals surface area contributed by atoms with Gasteiger partial charge in [-0.05, 0) is 18.8 Å². The minimum absolute atomic E-state index is 0.0709. The standard InChI is InChI=1S/C17H29N5O3/c1-12(2)10-18-17(24)22-8-5-6-14(11-22)16(23)21(4)9-7-15-19-13(3)25-20-15/h12,14H,5-11H2,1-4H3,(H,18,24). The lowest BCUT2D eigenvalue weighted by Gasteiger charge is -2.34. The smallest absolute Gasteiger partial charge is 0.317 e. The topological polar surface area (TPSA) is 91.6 Å². The Morgan fingerprint density at radius 3 is 2.84 bits per heavy atom. The Kier molecular flexibility index (Phi) is 6.78. The quantitative estimate of drug-likeness (QED) is 0.838. The van der Waals surface area contributed by atoms with Crippen LogP contribution in [0.25, 0.3) is 0 Å².